The fourth-order valence-electron chi connectivity index (χ4n) is 3.94. The Morgan fingerprint density at radius 1 is 0.852 bits per heavy atom. The van der Waals surface area contributed by atoms with E-state index in [0.717, 1.165) is 23.3 Å². The molecular formula is C23H34O3S. The highest BCUT2D eigenvalue weighted by Gasteiger charge is 2.18. The van der Waals surface area contributed by atoms with Gasteiger partial charge in [0.2, 0.25) is 0 Å². The normalized spacial score (nSPS) is 14.4. The molecule has 0 amide bonds. The van der Waals surface area contributed by atoms with E-state index < -0.39 is 10.1 Å². The average Bonchev–Trinajstić information content (AvgIpc) is 2.63. The molecule has 1 N–H and O–H groups in total. The second kappa shape index (κ2) is 10.2. The van der Waals surface area contributed by atoms with E-state index in [1.54, 1.807) is 12.1 Å². The van der Waals surface area contributed by atoms with E-state index in [0.29, 0.717) is 11.3 Å². The standard InChI is InChI=1S/C23H34O3S/c1-4-5-6-7-11-18(2)12-10-13-19(3)20-16-17-23(27(24,25)26)22-15-9-8-14-21(20)22/h8-9,14-19H,4-7,10-13H2,1-3H3,(H,24,25,26). The predicted molar refractivity (Wildman–Crippen MR) is 114 cm³/mol. The molecule has 2 aromatic rings. The Kier molecular flexibility index (Phi) is 8.30. The van der Waals surface area contributed by atoms with Gasteiger partial charge in [-0.3, -0.25) is 4.55 Å². The molecule has 2 atom stereocenters. The summed E-state index contributed by atoms with van der Waals surface area (Å²) in [4.78, 5) is -0.00486. The van der Waals surface area contributed by atoms with Gasteiger partial charge in [-0.25, -0.2) is 0 Å². The molecule has 27 heavy (non-hydrogen) atoms. The number of fused-ring (bicyclic) bond motifs is 1. The minimum Gasteiger partial charge on any atom is -0.282 e. The second-order valence-electron chi connectivity index (χ2n) is 7.96. The Labute approximate surface area is 164 Å². The fourth-order valence-corrected chi connectivity index (χ4v) is 4.64. The summed E-state index contributed by atoms with van der Waals surface area (Å²) >= 11 is 0. The van der Waals surface area contributed by atoms with Crippen LogP contribution in [-0.4, -0.2) is 13.0 Å². The van der Waals surface area contributed by atoms with Crippen molar-refractivity contribution in [3.63, 3.8) is 0 Å². The molecule has 0 aliphatic carbocycles. The quantitative estimate of drug-likeness (QED) is 0.333. The highest BCUT2D eigenvalue weighted by Crippen LogP contribution is 2.33. The summed E-state index contributed by atoms with van der Waals surface area (Å²) in [5.41, 5.74) is 1.16. The third kappa shape index (κ3) is 6.32. The van der Waals surface area contributed by atoms with Crippen LogP contribution in [-0.2, 0) is 10.1 Å². The van der Waals surface area contributed by atoms with E-state index in [1.807, 2.05) is 24.3 Å². The first-order valence-corrected chi connectivity index (χ1v) is 11.8. The summed E-state index contributed by atoms with van der Waals surface area (Å²) in [6.45, 7) is 6.81. The van der Waals surface area contributed by atoms with Gasteiger partial charge in [-0.05, 0) is 35.3 Å². The lowest BCUT2D eigenvalue weighted by atomic mass is 9.89. The van der Waals surface area contributed by atoms with Crippen LogP contribution in [0.2, 0.25) is 0 Å². The lowest BCUT2D eigenvalue weighted by Gasteiger charge is -2.17. The van der Waals surface area contributed by atoms with E-state index in [1.165, 1.54) is 44.9 Å². The molecule has 0 aliphatic heterocycles. The Bertz CT molecular complexity index is 827. The Hall–Kier alpha value is -1.39. The van der Waals surface area contributed by atoms with Gasteiger partial charge in [-0.15, -0.1) is 0 Å². The number of hydrogen-bond acceptors (Lipinski definition) is 2. The maximum absolute atomic E-state index is 11.7. The van der Waals surface area contributed by atoms with Crippen molar-refractivity contribution in [3.05, 3.63) is 42.0 Å². The summed E-state index contributed by atoms with van der Waals surface area (Å²) in [7, 11) is -4.21. The van der Waals surface area contributed by atoms with Gasteiger partial charge in [-0.1, -0.05) is 96.0 Å². The zero-order valence-corrected chi connectivity index (χ0v) is 17.8. The smallest absolute Gasteiger partial charge is 0.282 e. The van der Waals surface area contributed by atoms with Crippen molar-refractivity contribution in [2.45, 2.75) is 83.0 Å². The van der Waals surface area contributed by atoms with Crippen molar-refractivity contribution in [3.8, 4) is 0 Å². The zero-order chi connectivity index (χ0) is 19.9. The van der Waals surface area contributed by atoms with Crippen molar-refractivity contribution in [2.24, 2.45) is 5.92 Å². The SMILES string of the molecule is CCCCCCC(C)CCCC(C)c1ccc(S(=O)(=O)O)c2ccccc12. The van der Waals surface area contributed by atoms with Gasteiger partial charge in [-0.2, -0.15) is 8.42 Å². The first kappa shape index (κ1) is 21.9. The molecule has 0 aliphatic rings. The molecule has 4 heteroatoms. The molecule has 0 saturated carbocycles. The molecule has 0 saturated heterocycles. The summed E-state index contributed by atoms with van der Waals surface area (Å²) < 4.78 is 32.8. The second-order valence-corrected chi connectivity index (χ2v) is 9.35. The van der Waals surface area contributed by atoms with E-state index >= 15 is 0 Å². The average molecular weight is 391 g/mol. The third-order valence-electron chi connectivity index (χ3n) is 5.61. The van der Waals surface area contributed by atoms with Crippen molar-refractivity contribution in [1.82, 2.24) is 0 Å². The maximum atomic E-state index is 11.7. The van der Waals surface area contributed by atoms with Crippen LogP contribution in [0.25, 0.3) is 10.8 Å². The van der Waals surface area contributed by atoms with E-state index in [9.17, 15) is 13.0 Å². The molecule has 2 unspecified atom stereocenters. The van der Waals surface area contributed by atoms with Crippen LogP contribution in [0.3, 0.4) is 0 Å². The van der Waals surface area contributed by atoms with Gasteiger partial charge in [0.1, 0.15) is 4.90 Å². The Morgan fingerprint density at radius 2 is 1.52 bits per heavy atom. The van der Waals surface area contributed by atoms with Crippen LogP contribution >= 0.6 is 0 Å². The monoisotopic (exact) mass is 390 g/mol. The molecule has 2 rings (SSSR count). The van der Waals surface area contributed by atoms with E-state index in [2.05, 4.69) is 20.8 Å². The molecule has 150 valence electrons. The molecule has 0 fully saturated rings. The maximum Gasteiger partial charge on any atom is 0.295 e. The van der Waals surface area contributed by atoms with Crippen LogP contribution in [0.1, 0.15) is 83.6 Å². The number of rotatable bonds is 11. The minimum atomic E-state index is -4.21. The van der Waals surface area contributed by atoms with Crippen molar-refractivity contribution in [1.29, 1.82) is 0 Å². The largest absolute Gasteiger partial charge is 0.295 e. The zero-order valence-electron chi connectivity index (χ0n) is 16.9. The van der Waals surface area contributed by atoms with Crippen molar-refractivity contribution in [2.75, 3.05) is 0 Å². The highest BCUT2D eigenvalue weighted by atomic mass is 32.2. The van der Waals surface area contributed by atoms with Crippen molar-refractivity contribution >= 4 is 20.9 Å². The summed E-state index contributed by atoms with van der Waals surface area (Å²) in [5, 5.41) is 1.53. The van der Waals surface area contributed by atoms with Crippen LogP contribution in [0, 0.1) is 5.92 Å². The predicted octanol–water partition coefficient (Wildman–Crippen LogP) is 6.97. The highest BCUT2D eigenvalue weighted by molar-refractivity contribution is 7.86. The van der Waals surface area contributed by atoms with Crippen LogP contribution in [0.15, 0.2) is 41.3 Å². The summed E-state index contributed by atoms with van der Waals surface area (Å²) in [6.07, 6.45) is 10.2. The lowest BCUT2D eigenvalue weighted by molar-refractivity contribution is 0.432. The third-order valence-corrected chi connectivity index (χ3v) is 6.52. The molecular weight excluding hydrogens is 356 g/mol. The van der Waals surface area contributed by atoms with Crippen LogP contribution < -0.4 is 0 Å². The van der Waals surface area contributed by atoms with Gasteiger partial charge in [0.05, 0.1) is 0 Å². The first-order valence-electron chi connectivity index (χ1n) is 10.3. The Balaban J connectivity index is 2.01. The first-order chi connectivity index (χ1) is 12.8. The molecule has 3 nitrogen and oxygen atoms in total. The van der Waals surface area contributed by atoms with E-state index in [-0.39, 0.29) is 4.90 Å². The summed E-state index contributed by atoms with van der Waals surface area (Å²) in [5.74, 6) is 1.13. The number of hydrogen-bond donors (Lipinski definition) is 1. The molecule has 2 aromatic carbocycles. The van der Waals surface area contributed by atoms with Crippen LogP contribution in [0.5, 0.6) is 0 Å². The van der Waals surface area contributed by atoms with Gasteiger partial charge in [0.15, 0.2) is 0 Å². The molecule has 0 bridgehead atoms. The topological polar surface area (TPSA) is 54.4 Å². The molecule has 0 heterocycles. The number of benzene rings is 2. The fraction of sp³-hybridized carbons (Fsp3) is 0.565. The van der Waals surface area contributed by atoms with E-state index in [4.69, 9.17) is 0 Å². The molecule has 0 aromatic heterocycles. The summed E-state index contributed by atoms with van der Waals surface area (Å²) in [6, 6.07) is 10.9. The molecule has 0 spiro atoms. The number of unbranched alkanes of at least 4 members (excludes halogenated alkanes) is 3. The lowest BCUT2D eigenvalue weighted by Crippen LogP contribution is -2.03. The van der Waals surface area contributed by atoms with Gasteiger partial charge < -0.3 is 0 Å². The Morgan fingerprint density at radius 3 is 2.19 bits per heavy atom. The van der Waals surface area contributed by atoms with Gasteiger partial charge in [0.25, 0.3) is 10.1 Å². The van der Waals surface area contributed by atoms with Gasteiger partial charge in [0, 0.05) is 5.39 Å². The minimum absolute atomic E-state index is 0.00486. The van der Waals surface area contributed by atoms with Gasteiger partial charge >= 0.3 is 0 Å². The van der Waals surface area contributed by atoms with Crippen LogP contribution in [0.4, 0.5) is 0 Å². The molecule has 0 radical (unpaired) electrons. The van der Waals surface area contributed by atoms with Crippen molar-refractivity contribution < 1.29 is 13.0 Å².